The molecule has 0 aromatic carbocycles. The smallest absolute Gasteiger partial charge is 0.352 e. The van der Waals surface area contributed by atoms with Crippen LogP contribution < -0.4 is 5.73 Å². The number of carboxylic acids is 1. The van der Waals surface area contributed by atoms with Gasteiger partial charge in [-0.05, 0) is 6.07 Å². The van der Waals surface area contributed by atoms with Crippen LogP contribution in [0.25, 0.3) is 0 Å². The maximum Gasteiger partial charge on any atom is 0.352 e. The Morgan fingerprint density at radius 1 is 1.75 bits per heavy atom. The topological polar surface area (TPSA) is 99.3 Å². The lowest BCUT2D eigenvalue weighted by Gasteiger charge is -2.02. The van der Waals surface area contributed by atoms with E-state index in [1.807, 2.05) is 0 Å². The third kappa shape index (κ3) is 1.63. The van der Waals surface area contributed by atoms with Gasteiger partial charge in [-0.2, -0.15) is 0 Å². The van der Waals surface area contributed by atoms with Crippen LogP contribution in [0.15, 0.2) is 12.3 Å². The van der Waals surface area contributed by atoms with Gasteiger partial charge in [-0.25, -0.2) is 4.79 Å². The van der Waals surface area contributed by atoms with Crippen LogP contribution in [-0.4, -0.2) is 27.7 Å². The molecule has 12 heavy (non-hydrogen) atoms. The average Bonchev–Trinajstić information content (AvgIpc) is 2.51. The first-order valence-corrected chi connectivity index (χ1v) is 3.45. The summed E-state index contributed by atoms with van der Waals surface area (Å²) in [5.41, 5.74) is 5.73. The zero-order valence-electron chi connectivity index (χ0n) is 6.32. The van der Waals surface area contributed by atoms with Gasteiger partial charge >= 0.3 is 5.97 Å². The predicted molar refractivity (Wildman–Crippen MR) is 41.8 cm³/mol. The molecule has 0 saturated carbocycles. The van der Waals surface area contributed by atoms with Crippen LogP contribution in [0.2, 0.25) is 0 Å². The highest BCUT2D eigenvalue weighted by molar-refractivity contribution is 5.85. The number of H-pyrrole nitrogens is 1. The molecule has 1 aromatic heterocycles. The highest BCUT2D eigenvalue weighted by atomic mass is 16.4. The lowest BCUT2D eigenvalue weighted by atomic mass is 10.2. The van der Waals surface area contributed by atoms with Crippen molar-refractivity contribution in [2.24, 2.45) is 5.73 Å². The molecule has 5 nitrogen and oxygen atoms in total. The van der Waals surface area contributed by atoms with E-state index in [1.54, 1.807) is 0 Å². The van der Waals surface area contributed by atoms with E-state index in [9.17, 15) is 9.90 Å². The first-order valence-electron chi connectivity index (χ1n) is 3.45. The van der Waals surface area contributed by atoms with Gasteiger partial charge in [-0.1, -0.05) is 0 Å². The quantitative estimate of drug-likeness (QED) is 0.500. The van der Waals surface area contributed by atoms with Gasteiger partial charge in [-0.3, -0.25) is 0 Å². The zero-order valence-corrected chi connectivity index (χ0v) is 6.32. The molecule has 0 radical (unpaired) electrons. The van der Waals surface area contributed by atoms with Crippen molar-refractivity contribution < 1.29 is 15.0 Å². The molecule has 5 N–H and O–H groups in total. The van der Waals surface area contributed by atoms with E-state index in [0.29, 0.717) is 5.56 Å². The number of aromatic amines is 1. The zero-order chi connectivity index (χ0) is 9.14. The van der Waals surface area contributed by atoms with Crippen molar-refractivity contribution in [3.05, 3.63) is 23.5 Å². The maximum atomic E-state index is 10.4. The Morgan fingerprint density at radius 2 is 2.42 bits per heavy atom. The molecule has 1 aromatic rings. The third-order valence-electron chi connectivity index (χ3n) is 1.54. The van der Waals surface area contributed by atoms with Crippen LogP contribution in [0.5, 0.6) is 0 Å². The first kappa shape index (κ1) is 8.76. The van der Waals surface area contributed by atoms with E-state index in [-0.39, 0.29) is 12.2 Å². The Labute approximate surface area is 68.8 Å². The second kappa shape index (κ2) is 3.38. The van der Waals surface area contributed by atoms with Crippen molar-refractivity contribution in [2.75, 3.05) is 6.54 Å². The number of carboxylic acid groups (broad SMARTS) is 1. The third-order valence-corrected chi connectivity index (χ3v) is 1.54. The highest BCUT2D eigenvalue weighted by Crippen LogP contribution is 2.12. The SMILES string of the molecule is NCC(O)c1c[nH]c(C(=O)O)c1. The molecular weight excluding hydrogens is 160 g/mol. The minimum absolute atomic E-state index is 0.0532. The number of aliphatic hydroxyl groups is 1. The number of hydrogen-bond donors (Lipinski definition) is 4. The minimum atomic E-state index is -1.05. The van der Waals surface area contributed by atoms with E-state index >= 15 is 0 Å². The van der Waals surface area contributed by atoms with Gasteiger partial charge in [-0.15, -0.1) is 0 Å². The fraction of sp³-hybridized carbons (Fsp3) is 0.286. The molecule has 0 fully saturated rings. The fourth-order valence-corrected chi connectivity index (χ4v) is 0.863. The summed E-state index contributed by atoms with van der Waals surface area (Å²) in [7, 11) is 0. The molecule has 5 heteroatoms. The molecule has 1 rings (SSSR count). The Hall–Kier alpha value is -1.33. The molecule has 1 heterocycles. The summed E-state index contributed by atoms with van der Waals surface area (Å²) in [4.78, 5) is 12.9. The van der Waals surface area contributed by atoms with Crippen molar-refractivity contribution in [2.45, 2.75) is 6.10 Å². The number of aliphatic hydroxyl groups excluding tert-OH is 1. The van der Waals surface area contributed by atoms with Crippen LogP contribution >= 0.6 is 0 Å². The number of hydrogen-bond acceptors (Lipinski definition) is 3. The van der Waals surface area contributed by atoms with Gasteiger partial charge in [0.1, 0.15) is 5.69 Å². The summed E-state index contributed by atoms with van der Waals surface area (Å²) in [6.45, 7) is 0.0803. The highest BCUT2D eigenvalue weighted by Gasteiger charge is 2.10. The molecule has 0 spiro atoms. The molecule has 0 aliphatic heterocycles. The first-order chi connectivity index (χ1) is 5.65. The standard InChI is InChI=1S/C7H10N2O3/c8-2-6(10)4-1-5(7(11)12)9-3-4/h1,3,6,9-10H,2,8H2,(H,11,12). The summed E-state index contributed by atoms with van der Waals surface area (Å²) < 4.78 is 0. The van der Waals surface area contributed by atoms with E-state index in [0.717, 1.165) is 0 Å². The minimum Gasteiger partial charge on any atom is -0.477 e. The Bertz CT molecular complexity index is 282. The summed E-state index contributed by atoms with van der Waals surface area (Å²) in [5.74, 6) is -1.05. The largest absolute Gasteiger partial charge is 0.477 e. The van der Waals surface area contributed by atoms with Crippen LogP contribution in [0.3, 0.4) is 0 Å². The molecule has 0 aliphatic carbocycles. The van der Waals surface area contributed by atoms with Gasteiger partial charge in [0.25, 0.3) is 0 Å². The molecule has 1 atom stereocenters. The second-order valence-electron chi connectivity index (χ2n) is 2.40. The van der Waals surface area contributed by atoms with Crippen molar-refractivity contribution in [1.29, 1.82) is 0 Å². The van der Waals surface area contributed by atoms with E-state index in [2.05, 4.69) is 4.98 Å². The predicted octanol–water partition coefficient (Wildman–Crippen LogP) is -0.295. The number of carbonyl (C=O) groups is 1. The van der Waals surface area contributed by atoms with Gasteiger partial charge in [0.2, 0.25) is 0 Å². The Kier molecular flexibility index (Phi) is 2.47. The number of aromatic carboxylic acids is 1. The Morgan fingerprint density at radius 3 is 2.83 bits per heavy atom. The Balaban J connectivity index is 2.84. The average molecular weight is 170 g/mol. The monoisotopic (exact) mass is 170 g/mol. The molecule has 0 amide bonds. The summed E-state index contributed by atoms with van der Waals surface area (Å²) in [6.07, 6.45) is 0.635. The number of aromatic nitrogens is 1. The van der Waals surface area contributed by atoms with Crippen LogP contribution in [0.4, 0.5) is 0 Å². The number of nitrogens with two attached hydrogens (primary N) is 1. The van der Waals surface area contributed by atoms with E-state index in [1.165, 1.54) is 12.3 Å². The van der Waals surface area contributed by atoms with Gasteiger partial charge in [0.15, 0.2) is 0 Å². The summed E-state index contributed by atoms with van der Waals surface area (Å²) >= 11 is 0. The fourth-order valence-electron chi connectivity index (χ4n) is 0.863. The van der Waals surface area contributed by atoms with Gasteiger partial charge in [0, 0.05) is 18.3 Å². The van der Waals surface area contributed by atoms with Crippen molar-refractivity contribution in [3.63, 3.8) is 0 Å². The normalized spacial score (nSPS) is 12.8. The lowest BCUT2D eigenvalue weighted by molar-refractivity contribution is 0.0691. The van der Waals surface area contributed by atoms with Crippen LogP contribution in [-0.2, 0) is 0 Å². The van der Waals surface area contributed by atoms with Crippen molar-refractivity contribution in [3.8, 4) is 0 Å². The second-order valence-corrected chi connectivity index (χ2v) is 2.40. The van der Waals surface area contributed by atoms with Crippen molar-refractivity contribution in [1.82, 2.24) is 4.98 Å². The van der Waals surface area contributed by atoms with E-state index in [4.69, 9.17) is 10.8 Å². The summed E-state index contributed by atoms with van der Waals surface area (Å²) in [6, 6.07) is 1.36. The number of rotatable bonds is 3. The van der Waals surface area contributed by atoms with Crippen LogP contribution in [0.1, 0.15) is 22.2 Å². The molecular formula is C7H10N2O3. The van der Waals surface area contributed by atoms with Crippen molar-refractivity contribution >= 4 is 5.97 Å². The summed E-state index contributed by atoms with van der Waals surface area (Å²) in [5, 5.41) is 17.7. The van der Waals surface area contributed by atoms with Gasteiger partial charge < -0.3 is 20.9 Å². The van der Waals surface area contributed by atoms with E-state index < -0.39 is 12.1 Å². The molecule has 66 valence electrons. The molecule has 0 saturated heterocycles. The lowest BCUT2D eigenvalue weighted by Crippen LogP contribution is -2.10. The van der Waals surface area contributed by atoms with Crippen LogP contribution in [0, 0.1) is 0 Å². The molecule has 1 unspecified atom stereocenters. The maximum absolute atomic E-state index is 10.4. The number of nitrogens with one attached hydrogen (secondary N) is 1. The molecule has 0 bridgehead atoms. The molecule has 0 aliphatic rings. The van der Waals surface area contributed by atoms with Gasteiger partial charge in [0.05, 0.1) is 6.10 Å².